The molecule has 0 fully saturated rings. The van der Waals surface area contributed by atoms with Crippen LogP contribution in [-0.4, -0.2) is 12.9 Å². The first-order valence-corrected chi connectivity index (χ1v) is 5.12. The van der Waals surface area contributed by atoms with E-state index in [-0.39, 0.29) is 0 Å². The van der Waals surface area contributed by atoms with Crippen LogP contribution in [0.1, 0.15) is 12.0 Å². The average molecular weight is 209 g/mol. The zero-order valence-electron chi connectivity index (χ0n) is 8.23. The summed E-state index contributed by atoms with van der Waals surface area (Å²) in [7, 11) is 1.64. The topological polar surface area (TPSA) is 35.2 Å². The largest absolute Gasteiger partial charge is 0.496 e. The van der Waals surface area contributed by atoms with Gasteiger partial charge in [0.25, 0.3) is 0 Å². The Balaban J connectivity index is 2.85. The van der Waals surface area contributed by atoms with Gasteiger partial charge in [-0.2, -0.15) is 12.6 Å². The number of allylic oxidation sites excluding steroid dienone is 1. The van der Waals surface area contributed by atoms with Gasteiger partial charge in [0.05, 0.1) is 7.11 Å². The third-order valence-electron chi connectivity index (χ3n) is 1.85. The maximum atomic E-state index is 5.64. The lowest BCUT2D eigenvalue weighted by atomic mass is 10.1. The fourth-order valence-corrected chi connectivity index (χ4v) is 1.30. The van der Waals surface area contributed by atoms with E-state index in [4.69, 9.17) is 10.5 Å². The van der Waals surface area contributed by atoms with Gasteiger partial charge in [-0.1, -0.05) is 12.2 Å². The Morgan fingerprint density at radius 2 is 2.29 bits per heavy atom. The van der Waals surface area contributed by atoms with E-state index in [1.54, 1.807) is 7.11 Å². The first kappa shape index (κ1) is 11.0. The second kappa shape index (κ2) is 5.60. The van der Waals surface area contributed by atoms with E-state index in [0.29, 0.717) is 5.69 Å². The molecule has 14 heavy (non-hydrogen) atoms. The molecule has 1 aromatic carbocycles. The molecule has 3 heteroatoms. The van der Waals surface area contributed by atoms with Crippen LogP contribution in [0.5, 0.6) is 5.75 Å². The van der Waals surface area contributed by atoms with E-state index in [9.17, 15) is 0 Å². The van der Waals surface area contributed by atoms with Crippen molar-refractivity contribution >= 4 is 24.4 Å². The van der Waals surface area contributed by atoms with Gasteiger partial charge in [-0.15, -0.1) is 0 Å². The molecule has 2 N–H and O–H groups in total. The van der Waals surface area contributed by atoms with Crippen LogP contribution in [0.2, 0.25) is 0 Å². The number of benzene rings is 1. The summed E-state index contributed by atoms with van der Waals surface area (Å²) < 4.78 is 5.21. The summed E-state index contributed by atoms with van der Waals surface area (Å²) in [5.74, 6) is 1.66. The summed E-state index contributed by atoms with van der Waals surface area (Å²) in [6.07, 6.45) is 5.05. The molecule has 2 nitrogen and oxygen atoms in total. The zero-order chi connectivity index (χ0) is 10.4. The Bertz CT molecular complexity index is 323. The molecule has 1 aromatic rings. The first-order valence-electron chi connectivity index (χ1n) is 4.49. The Hall–Kier alpha value is -1.09. The standard InChI is InChI=1S/C11H15NOS/c1-13-11-8-10(12)6-5-9(11)4-2-3-7-14/h2,4-6,8,14H,3,7,12H2,1H3. The van der Waals surface area contributed by atoms with Crippen LogP contribution in [0.4, 0.5) is 5.69 Å². The van der Waals surface area contributed by atoms with Crippen LogP contribution in [0.3, 0.4) is 0 Å². The van der Waals surface area contributed by atoms with E-state index in [1.807, 2.05) is 24.3 Å². The van der Waals surface area contributed by atoms with Crippen molar-refractivity contribution in [3.05, 3.63) is 29.8 Å². The molecule has 0 atom stereocenters. The molecule has 0 heterocycles. The highest BCUT2D eigenvalue weighted by Crippen LogP contribution is 2.22. The number of nitrogen functional groups attached to an aromatic ring is 1. The molecule has 0 saturated heterocycles. The number of methoxy groups -OCH3 is 1. The van der Waals surface area contributed by atoms with Crippen molar-refractivity contribution in [2.24, 2.45) is 0 Å². The highest BCUT2D eigenvalue weighted by atomic mass is 32.1. The summed E-state index contributed by atoms with van der Waals surface area (Å²) in [6, 6.07) is 5.63. The van der Waals surface area contributed by atoms with Crippen molar-refractivity contribution in [3.63, 3.8) is 0 Å². The maximum absolute atomic E-state index is 5.64. The quantitative estimate of drug-likeness (QED) is 0.590. The average Bonchev–Trinajstić information content (AvgIpc) is 2.20. The van der Waals surface area contributed by atoms with Crippen LogP contribution in [-0.2, 0) is 0 Å². The normalized spacial score (nSPS) is 10.7. The number of nitrogens with two attached hydrogens (primary N) is 1. The molecule has 0 amide bonds. The smallest absolute Gasteiger partial charge is 0.128 e. The van der Waals surface area contributed by atoms with Crippen LogP contribution >= 0.6 is 12.6 Å². The number of hydrogen-bond acceptors (Lipinski definition) is 3. The summed E-state index contributed by atoms with van der Waals surface area (Å²) in [4.78, 5) is 0. The molecular formula is C11H15NOS. The number of thiol groups is 1. The second-order valence-electron chi connectivity index (χ2n) is 2.92. The molecule has 0 bridgehead atoms. The lowest BCUT2D eigenvalue weighted by Crippen LogP contribution is -1.90. The summed E-state index contributed by atoms with van der Waals surface area (Å²) in [5.41, 5.74) is 7.40. The molecule has 0 aliphatic rings. The molecule has 0 aromatic heterocycles. The number of hydrogen-bond donors (Lipinski definition) is 2. The van der Waals surface area contributed by atoms with Gasteiger partial charge in [0, 0.05) is 17.3 Å². The summed E-state index contributed by atoms with van der Waals surface area (Å²) in [5, 5.41) is 0. The van der Waals surface area contributed by atoms with Crippen molar-refractivity contribution in [3.8, 4) is 5.75 Å². The van der Waals surface area contributed by atoms with Crippen LogP contribution in [0, 0.1) is 0 Å². The fourth-order valence-electron chi connectivity index (χ4n) is 1.15. The molecule has 1 rings (SSSR count). The van der Waals surface area contributed by atoms with Gasteiger partial charge in [0.2, 0.25) is 0 Å². The van der Waals surface area contributed by atoms with Gasteiger partial charge in [-0.3, -0.25) is 0 Å². The minimum absolute atomic E-state index is 0.716. The molecule has 0 aliphatic carbocycles. The van der Waals surface area contributed by atoms with E-state index < -0.39 is 0 Å². The van der Waals surface area contributed by atoms with Crippen molar-refractivity contribution < 1.29 is 4.74 Å². The van der Waals surface area contributed by atoms with Crippen LogP contribution in [0.15, 0.2) is 24.3 Å². The van der Waals surface area contributed by atoms with E-state index >= 15 is 0 Å². The Morgan fingerprint density at radius 1 is 1.50 bits per heavy atom. The molecule has 0 radical (unpaired) electrons. The number of rotatable bonds is 4. The Labute approximate surface area is 90.2 Å². The molecule has 0 aliphatic heterocycles. The molecule has 0 spiro atoms. The maximum Gasteiger partial charge on any atom is 0.128 e. The highest BCUT2D eigenvalue weighted by Gasteiger charge is 1.98. The molecule has 0 unspecified atom stereocenters. The van der Waals surface area contributed by atoms with Gasteiger partial charge < -0.3 is 10.5 Å². The van der Waals surface area contributed by atoms with Crippen LogP contribution in [0.25, 0.3) is 6.08 Å². The number of ether oxygens (including phenoxy) is 1. The summed E-state index contributed by atoms with van der Waals surface area (Å²) in [6.45, 7) is 0. The van der Waals surface area contributed by atoms with Crippen molar-refractivity contribution in [2.45, 2.75) is 6.42 Å². The molecule has 76 valence electrons. The second-order valence-corrected chi connectivity index (χ2v) is 3.36. The lowest BCUT2D eigenvalue weighted by Gasteiger charge is -2.05. The molecule has 0 saturated carbocycles. The third kappa shape index (κ3) is 3.00. The minimum Gasteiger partial charge on any atom is -0.496 e. The molecular weight excluding hydrogens is 194 g/mol. The Kier molecular flexibility index (Phi) is 4.40. The van der Waals surface area contributed by atoms with Crippen molar-refractivity contribution in [2.75, 3.05) is 18.6 Å². The van der Waals surface area contributed by atoms with E-state index in [1.165, 1.54) is 0 Å². The fraction of sp³-hybridized carbons (Fsp3) is 0.273. The minimum atomic E-state index is 0.716. The van der Waals surface area contributed by atoms with Gasteiger partial charge in [0.15, 0.2) is 0 Å². The predicted molar refractivity (Wildman–Crippen MR) is 64.9 cm³/mol. The Morgan fingerprint density at radius 3 is 2.93 bits per heavy atom. The van der Waals surface area contributed by atoms with Gasteiger partial charge >= 0.3 is 0 Å². The monoisotopic (exact) mass is 209 g/mol. The van der Waals surface area contributed by atoms with Gasteiger partial charge in [-0.25, -0.2) is 0 Å². The van der Waals surface area contributed by atoms with Gasteiger partial charge in [0.1, 0.15) is 5.75 Å². The number of anilines is 1. The first-order chi connectivity index (χ1) is 6.77. The highest BCUT2D eigenvalue weighted by molar-refractivity contribution is 7.80. The van der Waals surface area contributed by atoms with E-state index in [2.05, 4.69) is 18.7 Å². The SMILES string of the molecule is COc1cc(N)ccc1C=CCCS. The third-order valence-corrected chi connectivity index (χ3v) is 2.11. The van der Waals surface area contributed by atoms with Crippen molar-refractivity contribution in [1.29, 1.82) is 0 Å². The van der Waals surface area contributed by atoms with Crippen LogP contribution < -0.4 is 10.5 Å². The van der Waals surface area contributed by atoms with Gasteiger partial charge in [-0.05, 0) is 24.3 Å². The lowest BCUT2D eigenvalue weighted by molar-refractivity contribution is 0.414. The summed E-state index contributed by atoms with van der Waals surface area (Å²) >= 11 is 4.13. The van der Waals surface area contributed by atoms with E-state index in [0.717, 1.165) is 23.5 Å². The zero-order valence-corrected chi connectivity index (χ0v) is 9.13. The van der Waals surface area contributed by atoms with Crippen molar-refractivity contribution in [1.82, 2.24) is 0 Å². The predicted octanol–water partition coefficient (Wildman–Crippen LogP) is 2.61.